The molecule has 2 aromatic rings. The van der Waals surface area contributed by atoms with E-state index in [2.05, 4.69) is 10.3 Å². The van der Waals surface area contributed by atoms with Crippen molar-refractivity contribution in [2.75, 3.05) is 0 Å². The lowest BCUT2D eigenvalue weighted by Crippen LogP contribution is -2.37. The van der Waals surface area contributed by atoms with Crippen LogP contribution in [0.5, 0.6) is 0 Å². The Labute approximate surface area is 146 Å². The molecule has 6 heteroatoms. The molecular weight excluding hydrogens is 320 g/mol. The highest BCUT2D eigenvalue weighted by molar-refractivity contribution is 5.83. The van der Waals surface area contributed by atoms with E-state index in [1.165, 1.54) is 5.56 Å². The number of esters is 1. The van der Waals surface area contributed by atoms with E-state index in [9.17, 15) is 9.59 Å². The predicted molar refractivity (Wildman–Crippen MR) is 91.7 cm³/mol. The summed E-state index contributed by atoms with van der Waals surface area (Å²) in [5.74, 6) is 0.463. The van der Waals surface area contributed by atoms with Gasteiger partial charge in [0.15, 0.2) is 17.8 Å². The van der Waals surface area contributed by atoms with Crippen molar-refractivity contribution < 1.29 is 18.7 Å². The molecule has 1 fully saturated rings. The van der Waals surface area contributed by atoms with Gasteiger partial charge in [-0.3, -0.25) is 9.59 Å². The zero-order chi connectivity index (χ0) is 17.8. The summed E-state index contributed by atoms with van der Waals surface area (Å²) in [6, 6.07) is 8.19. The SMILES string of the molecule is Cc1ccc(-c2cnc(CCC(=O)OC(C)C(=O)NC3CC3)o2)cc1. The second-order valence-electron chi connectivity index (χ2n) is 6.40. The molecular formula is C19H22N2O4. The number of carbonyl (C=O) groups excluding carboxylic acids is 2. The first kappa shape index (κ1) is 17.2. The maximum absolute atomic E-state index is 11.9. The fourth-order valence-electron chi connectivity index (χ4n) is 2.34. The number of amides is 1. The molecule has 1 amide bonds. The van der Waals surface area contributed by atoms with Crippen LogP contribution in [0.25, 0.3) is 11.3 Å². The molecule has 1 N–H and O–H groups in total. The molecule has 0 spiro atoms. The van der Waals surface area contributed by atoms with E-state index >= 15 is 0 Å². The number of hydrogen-bond acceptors (Lipinski definition) is 5. The van der Waals surface area contributed by atoms with Gasteiger partial charge >= 0.3 is 5.97 Å². The van der Waals surface area contributed by atoms with E-state index in [0.29, 0.717) is 18.1 Å². The van der Waals surface area contributed by atoms with Gasteiger partial charge in [0.1, 0.15) is 0 Å². The Kier molecular flexibility index (Phi) is 5.16. The van der Waals surface area contributed by atoms with Crippen LogP contribution in [0.4, 0.5) is 0 Å². The zero-order valence-corrected chi connectivity index (χ0v) is 14.5. The lowest BCUT2D eigenvalue weighted by atomic mass is 10.1. The van der Waals surface area contributed by atoms with E-state index < -0.39 is 12.1 Å². The van der Waals surface area contributed by atoms with Crippen molar-refractivity contribution in [3.63, 3.8) is 0 Å². The molecule has 1 aliphatic rings. The van der Waals surface area contributed by atoms with E-state index in [4.69, 9.17) is 9.15 Å². The van der Waals surface area contributed by atoms with Crippen molar-refractivity contribution in [1.29, 1.82) is 0 Å². The second-order valence-corrected chi connectivity index (χ2v) is 6.40. The van der Waals surface area contributed by atoms with E-state index in [0.717, 1.165) is 18.4 Å². The van der Waals surface area contributed by atoms with E-state index in [1.54, 1.807) is 13.1 Å². The van der Waals surface area contributed by atoms with Crippen LogP contribution in [0.1, 0.15) is 37.6 Å². The molecule has 1 aliphatic carbocycles. The molecule has 1 aromatic heterocycles. The summed E-state index contributed by atoms with van der Waals surface area (Å²) in [7, 11) is 0. The van der Waals surface area contributed by atoms with Crippen LogP contribution in [-0.2, 0) is 20.7 Å². The molecule has 1 heterocycles. The Morgan fingerprint density at radius 1 is 1.32 bits per heavy atom. The fourth-order valence-corrected chi connectivity index (χ4v) is 2.34. The highest BCUT2D eigenvalue weighted by Crippen LogP contribution is 2.21. The Hall–Kier alpha value is -2.63. The number of aromatic nitrogens is 1. The summed E-state index contributed by atoms with van der Waals surface area (Å²) in [5, 5.41) is 2.81. The first-order valence-corrected chi connectivity index (χ1v) is 8.53. The highest BCUT2D eigenvalue weighted by Gasteiger charge is 2.27. The van der Waals surface area contributed by atoms with E-state index in [1.807, 2.05) is 31.2 Å². The third-order valence-corrected chi connectivity index (χ3v) is 4.03. The molecule has 6 nitrogen and oxygen atoms in total. The van der Waals surface area contributed by atoms with Gasteiger partial charge < -0.3 is 14.5 Å². The number of nitrogens with one attached hydrogen (secondary N) is 1. The summed E-state index contributed by atoms with van der Waals surface area (Å²) in [6.07, 6.45) is 3.33. The summed E-state index contributed by atoms with van der Waals surface area (Å²) in [5.41, 5.74) is 2.11. The number of aryl methyl sites for hydroxylation is 2. The lowest BCUT2D eigenvalue weighted by molar-refractivity contribution is -0.154. The van der Waals surface area contributed by atoms with Gasteiger partial charge in [0, 0.05) is 18.0 Å². The van der Waals surface area contributed by atoms with Gasteiger partial charge in [-0.25, -0.2) is 4.98 Å². The van der Waals surface area contributed by atoms with Crippen molar-refractivity contribution in [3.05, 3.63) is 41.9 Å². The van der Waals surface area contributed by atoms with Gasteiger partial charge in [-0.05, 0) is 26.7 Å². The molecule has 1 unspecified atom stereocenters. The van der Waals surface area contributed by atoms with Crippen molar-refractivity contribution in [3.8, 4) is 11.3 Å². The van der Waals surface area contributed by atoms with Crippen LogP contribution in [-0.4, -0.2) is 29.0 Å². The number of ether oxygens (including phenoxy) is 1. The zero-order valence-electron chi connectivity index (χ0n) is 14.5. The van der Waals surface area contributed by atoms with Gasteiger partial charge in [-0.1, -0.05) is 29.8 Å². The number of rotatable bonds is 7. The predicted octanol–water partition coefficient (Wildman–Crippen LogP) is 2.79. The Morgan fingerprint density at radius 3 is 2.72 bits per heavy atom. The Balaban J connectivity index is 1.47. The molecule has 1 saturated carbocycles. The quantitative estimate of drug-likeness (QED) is 0.783. The minimum Gasteiger partial charge on any atom is -0.453 e. The molecule has 1 aromatic carbocycles. The van der Waals surface area contributed by atoms with Crippen LogP contribution in [0, 0.1) is 6.92 Å². The van der Waals surface area contributed by atoms with Crippen molar-refractivity contribution in [1.82, 2.24) is 10.3 Å². The Bertz CT molecular complexity index is 747. The first-order valence-electron chi connectivity index (χ1n) is 8.53. The topological polar surface area (TPSA) is 81.4 Å². The molecule has 132 valence electrons. The minimum absolute atomic E-state index is 0.120. The molecule has 0 aliphatic heterocycles. The molecule has 0 bridgehead atoms. The molecule has 0 saturated heterocycles. The summed E-state index contributed by atoms with van der Waals surface area (Å²) >= 11 is 0. The Morgan fingerprint density at radius 2 is 2.04 bits per heavy atom. The number of nitrogens with zero attached hydrogens (tertiary/aromatic N) is 1. The first-order chi connectivity index (χ1) is 12.0. The van der Waals surface area contributed by atoms with Crippen LogP contribution < -0.4 is 5.32 Å². The molecule has 25 heavy (non-hydrogen) atoms. The third kappa shape index (κ3) is 4.92. The van der Waals surface area contributed by atoms with Crippen molar-refractivity contribution >= 4 is 11.9 Å². The lowest BCUT2D eigenvalue weighted by Gasteiger charge is -2.12. The van der Waals surface area contributed by atoms with Gasteiger partial charge in [0.05, 0.1) is 12.6 Å². The van der Waals surface area contributed by atoms with E-state index in [-0.39, 0.29) is 18.4 Å². The van der Waals surface area contributed by atoms with Gasteiger partial charge in [0.25, 0.3) is 5.91 Å². The maximum atomic E-state index is 11.9. The van der Waals surface area contributed by atoms with Gasteiger partial charge in [-0.2, -0.15) is 0 Å². The van der Waals surface area contributed by atoms with Crippen molar-refractivity contribution in [2.45, 2.75) is 51.7 Å². The monoisotopic (exact) mass is 342 g/mol. The third-order valence-electron chi connectivity index (χ3n) is 4.03. The maximum Gasteiger partial charge on any atom is 0.307 e. The van der Waals surface area contributed by atoms with Crippen molar-refractivity contribution in [2.24, 2.45) is 0 Å². The molecule has 1 atom stereocenters. The number of oxazole rings is 1. The van der Waals surface area contributed by atoms with Gasteiger partial charge in [0.2, 0.25) is 0 Å². The fraction of sp³-hybridized carbons (Fsp3) is 0.421. The van der Waals surface area contributed by atoms with Crippen LogP contribution in [0.3, 0.4) is 0 Å². The average molecular weight is 342 g/mol. The summed E-state index contributed by atoms with van der Waals surface area (Å²) in [4.78, 5) is 27.8. The highest BCUT2D eigenvalue weighted by atomic mass is 16.5. The average Bonchev–Trinajstić information content (AvgIpc) is 3.28. The van der Waals surface area contributed by atoms with Crippen LogP contribution >= 0.6 is 0 Å². The largest absolute Gasteiger partial charge is 0.453 e. The summed E-state index contributed by atoms with van der Waals surface area (Å²) < 4.78 is 10.8. The standard InChI is InChI=1S/C19H22N2O4/c1-12-3-5-14(6-4-12)16-11-20-17(25-16)9-10-18(22)24-13(2)19(23)21-15-7-8-15/h3-6,11,13,15H,7-10H2,1-2H3,(H,21,23). The molecule has 0 radical (unpaired) electrons. The smallest absolute Gasteiger partial charge is 0.307 e. The van der Waals surface area contributed by atoms with Gasteiger partial charge in [-0.15, -0.1) is 0 Å². The number of carbonyl (C=O) groups is 2. The number of hydrogen-bond donors (Lipinski definition) is 1. The van der Waals surface area contributed by atoms with Crippen LogP contribution in [0.2, 0.25) is 0 Å². The molecule has 3 rings (SSSR count). The summed E-state index contributed by atoms with van der Waals surface area (Å²) in [6.45, 7) is 3.60. The normalized spacial score (nSPS) is 14.8. The number of benzene rings is 1. The minimum atomic E-state index is -0.777. The second kappa shape index (κ2) is 7.51. The van der Waals surface area contributed by atoms with Crippen LogP contribution in [0.15, 0.2) is 34.9 Å².